The summed E-state index contributed by atoms with van der Waals surface area (Å²) < 4.78 is 46.4. The Morgan fingerprint density at radius 2 is 1.71 bits per heavy atom. The summed E-state index contributed by atoms with van der Waals surface area (Å²) in [6, 6.07) is 8.19. The molecule has 0 unspecified atom stereocenters. The lowest BCUT2D eigenvalue weighted by atomic mass is 9.93. The molecule has 0 radical (unpaired) electrons. The van der Waals surface area contributed by atoms with Gasteiger partial charge in [0.1, 0.15) is 17.3 Å². The Labute approximate surface area is 198 Å². The normalized spacial score (nSPS) is 14.9. The first kappa shape index (κ1) is 23.9. The zero-order chi connectivity index (χ0) is 24.6. The summed E-state index contributed by atoms with van der Waals surface area (Å²) in [5.41, 5.74) is 3.99. The van der Waals surface area contributed by atoms with Crippen LogP contribution in [0.25, 0.3) is 22.3 Å². The number of aryl methyl sites for hydroxylation is 1. The molecule has 0 aliphatic carbocycles. The third-order valence-corrected chi connectivity index (χ3v) is 7.48. The van der Waals surface area contributed by atoms with E-state index in [1.807, 2.05) is 12.1 Å². The highest BCUT2D eigenvalue weighted by molar-refractivity contribution is 7.88. The van der Waals surface area contributed by atoms with Gasteiger partial charge in [-0.25, -0.2) is 17.6 Å². The van der Waals surface area contributed by atoms with Crippen LogP contribution in [0, 0.1) is 12.7 Å². The number of nitrogens with zero attached hydrogens (tertiary/aromatic N) is 4. The molecule has 0 atom stereocenters. The zero-order valence-electron chi connectivity index (χ0n) is 19.6. The van der Waals surface area contributed by atoms with Gasteiger partial charge in [0.05, 0.1) is 13.4 Å². The van der Waals surface area contributed by atoms with E-state index in [9.17, 15) is 17.6 Å². The fourth-order valence-corrected chi connectivity index (χ4v) is 5.40. The number of hydrogen-bond acceptors (Lipinski definition) is 6. The Balaban J connectivity index is 1.98. The van der Waals surface area contributed by atoms with Crippen molar-refractivity contribution in [3.05, 3.63) is 59.8 Å². The van der Waals surface area contributed by atoms with Gasteiger partial charge in [0.15, 0.2) is 0 Å². The van der Waals surface area contributed by atoms with E-state index >= 15 is 0 Å². The number of halogens is 1. The number of sulfonamides is 1. The van der Waals surface area contributed by atoms with E-state index in [2.05, 4.69) is 9.88 Å². The Kier molecular flexibility index (Phi) is 6.46. The van der Waals surface area contributed by atoms with E-state index in [-0.39, 0.29) is 5.82 Å². The highest BCUT2D eigenvalue weighted by atomic mass is 32.2. The van der Waals surface area contributed by atoms with Crippen LogP contribution < -0.4 is 4.90 Å². The van der Waals surface area contributed by atoms with Gasteiger partial charge in [0, 0.05) is 56.7 Å². The molecule has 1 aliphatic heterocycles. The highest BCUT2D eigenvalue weighted by Crippen LogP contribution is 2.45. The maximum Gasteiger partial charge on any atom is 0.355 e. The van der Waals surface area contributed by atoms with E-state index in [4.69, 9.17) is 4.74 Å². The van der Waals surface area contributed by atoms with Crippen LogP contribution in [0.15, 0.2) is 42.7 Å². The molecule has 0 saturated carbocycles. The van der Waals surface area contributed by atoms with Gasteiger partial charge in [-0.3, -0.25) is 4.98 Å². The number of aromatic nitrogens is 2. The van der Waals surface area contributed by atoms with Crippen molar-refractivity contribution in [3.8, 4) is 22.3 Å². The summed E-state index contributed by atoms with van der Waals surface area (Å²) in [4.78, 5) is 19.2. The number of esters is 1. The van der Waals surface area contributed by atoms with E-state index in [0.717, 1.165) is 16.9 Å². The Morgan fingerprint density at radius 3 is 2.26 bits per heavy atom. The minimum Gasteiger partial charge on any atom is -0.464 e. The molecule has 0 bridgehead atoms. The van der Waals surface area contributed by atoms with Crippen molar-refractivity contribution in [3.63, 3.8) is 0 Å². The number of carbonyl (C=O) groups excluding carboxylic acids is 1. The molecule has 34 heavy (non-hydrogen) atoms. The first-order valence-electron chi connectivity index (χ1n) is 10.8. The van der Waals surface area contributed by atoms with Gasteiger partial charge < -0.3 is 14.2 Å². The van der Waals surface area contributed by atoms with E-state index in [0.29, 0.717) is 48.6 Å². The molecular weight excluding hydrogens is 459 g/mol. The molecule has 3 heterocycles. The minimum absolute atomic E-state index is 0.332. The predicted octanol–water partition coefficient (Wildman–Crippen LogP) is 3.07. The number of ether oxygens (including phenoxy) is 1. The second kappa shape index (κ2) is 9.19. The largest absolute Gasteiger partial charge is 0.464 e. The first-order chi connectivity index (χ1) is 16.1. The third-order valence-electron chi connectivity index (χ3n) is 6.18. The van der Waals surface area contributed by atoms with Crippen LogP contribution in [0.5, 0.6) is 0 Å². The van der Waals surface area contributed by atoms with Crippen molar-refractivity contribution in [2.75, 3.05) is 44.4 Å². The summed E-state index contributed by atoms with van der Waals surface area (Å²) in [5, 5.41) is 0. The second-order valence-corrected chi connectivity index (χ2v) is 10.3. The van der Waals surface area contributed by atoms with Crippen molar-refractivity contribution in [2.24, 2.45) is 7.05 Å². The maximum atomic E-state index is 14.0. The lowest BCUT2D eigenvalue weighted by Crippen LogP contribution is -2.49. The summed E-state index contributed by atoms with van der Waals surface area (Å²) in [5.74, 6) is -0.115. The molecule has 1 aromatic carbocycles. The smallest absolute Gasteiger partial charge is 0.355 e. The lowest BCUT2D eigenvalue weighted by Gasteiger charge is -2.35. The maximum absolute atomic E-state index is 14.0. The summed E-state index contributed by atoms with van der Waals surface area (Å²) in [6.45, 7) is 3.36. The molecule has 4 rings (SSSR count). The first-order valence-corrected chi connectivity index (χ1v) is 12.7. The van der Waals surface area contributed by atoms with E-state index in [1.54, 1.807) is 37.0 Å². The lowest BCUT2D eigenvalue weighted by molar-refractivity contribution is 0.0591. The van der Waals surface area contributed by atoms with Gasteiger partial charge in [-0.1, -0.05) is 6.07 Å². The predicted molar refractivity (Wildman–Crippen MR) is 129 cm³/mol. The van der Waals surface area contributed by atoms with Crippen molar-refractivity contribution in [1.29, 1.82) is 0 Å². The van der Waals surface area contributed by atoms with Crippen LogP contribution >= 0.6 is 0 Å². The molecule has 0 amide bonds. The fraction of sp³-hybridized carbons (Fsp3) is 0.333. The molecule has 0 N–H and O–H groups in total. The molecule has 3 aromatic rings. The van der Waals surface area contributed by atoms with Crippen LogP contribution in [-0.4, -0.2) is 67.8 Å². The molecule has 2 aromatic heterocycles. The average Bonchev–Trinajstić information content (AvgIpc) is 3.11. The molecule has 180 valence electrons. The number of benzene rings is 1. The van der Waals surface area contributed by atoms with Crippen molar-refractivity contribution in [1.82, 2.24) is 13.9 Å². The zero-order valence-corrected chi connectivity index (χ0v) is 20.4. The van der Waals surface area contributed by atoms with Gasteiger partial charge in [0.25, 0.3) is 0 Å². The molecule has 0 spiro atoms. The number of hydrogen-bond donors (Lipinski definition) is 0. The molecule has 1 aliphatic rings. The summed E-state index contributed by atoms with van der Waals surface area (Å²) in [7, 11) is -0.179. The number of pyridine rings is 1. The fourth-order valence-electron chi connectivity index (χ4n) is 4.57. The number of methoxy groups -OCH3 is 1. The average molecular weight is 487 g/mol. The van der Waals surface area contributed by atoms with E-state index in [1.165, 1.54) is 29.8 Å². The van der Waals surface area contributed by atoms with Gasteiger partial charge in [-0.2, -0.15) is 4.31 Å². The van der Waals surface area contributed by atoms with Gasteiger partial charge in [-0.05, 0) is 47.9 Å². The van der Waals surface area contributed by atoms with Crippen molar-refractivity contribution < 1.29 is 22.3 Å². The highest BCUT2D eigenvalue weighted by Gasteiger charge is 2.33. The topological polar surface area (TPSA) is 84.7 Å². The third kappa shape index (κ3) is 4.30. The molecule has 1 fully saturated rings. The van der Waals surface area contributed by atoms with Crippen molar-refractivity contribution in [2.45, 2.75) is 6.92 Å². The van der Waals surface area contributed by atoms with Crippen LogP contribution in [0.4, 0.5) is 10.2 Å². The standard InChI is InChI=1S/C24H27FN4O4S/c1-16-15-18(25)5-6-19(16)21-20(17-7-9-26-10-8-17)23(27(2)22(21)24(30)33-3)28-11-13-29(14-12-28)34(4,31)32/h5-10,15H,11-14H2,1-4H3. The van der Waals surface area contributed by atoms with Gasteiger partial charge in [0.2, 0.25) is 10.0 Å². The minimum atomic E-state index is -3.29. The quantitative estimate of drug-likeness (QED) is 0.516. The second-order valence-electron chi connectivity index (χ2n) is 8.32. The molecule has 10 heteroatoms. The summed E-state index contributed by atoms with van der Waals surface area (Å²) >= 11 is 0. The molecule has 1 saturated heterocycles. The Morgan fingerprint density at radius 1 is 1.06 bits per heavy atom. The SMILES string of the molecule is COC(=O)c1c(-c2ccc(F)cc2C)c(-c2ccncc2)c(N2CCN(S(C)(=O)=O)CC2)n1C. The Hall–Kier alpha value is -3.24. The van der Waals surface area contributed by atoms with Crippen LogP contribution in [-0.2, 0) is 21.8 Å². The summed E-state index contributed by atoms with van der Waals surface area (Å²) in [6.07, 6.45) is 4.55. The number of rotatable bonds is 5. The number of piperazine rings is 1. The van der Waals surface area contributed by atoms with Crippen LogP contribution in [0.1, 0.15) is 16.1 Å². The van der Waals surface area contributed by atoms with E-state index < -0.39 is 16.0 Å². The van der Waals surface area contributed by atoms with Crippen LogP contribution in [0.3, 0.4) is 0 Å². The van der Waals surface area contributed by atoms with Crippen LogP contribution in [0.2, 0.25) is 0 Å². The number of carbonyl (C=O) groups is 1. The molecular formula is C24H27FN4O4S. The van der Waals surface area contributed by atoms with Gasteiger partial charge >= 0.3 is 5.97 Å². The van der Waals surface area contributed by atoms with Gasteiger partial charge in [-0.15, -0.1) is 0 Å². The van der Waals surface area contributed by atoms with Crippen molar-refractivity contribution >= 4 is 21.8 Å². The monoisotopic (exact) mass is 486 g/mol. The number of anilines is 1. The molecule has 8 nitrogen and oxygen atoms in total. The Bertz CT molecular complexity index is 1330.